The summed E-state index contributed by atoms with van der Waals surface area (Å²) in [5.41, 5.74) is 0.312. The molecule has 0 saturated carbocycles. The van der Waals surface area contributed by atoms with E-state index in [1.165, 1.54) is 54.9 Å². The van der Waals surface area contributed by atoms with Gasteiger partial charge in [-0.3, -0.25) is 19.3 Å². The minimum atomic E-state index is -2.17. The van der Waals surface area contributed by atoms with E-state index in [-0.39, 0.29) is 36.0 Å². The molecule has 2 N–H and O–H groups in total. The van der Waals surface area contributed by atoms with Gasteiger partial charge in [-0.05, 0) is 62.5 Å². The number of hydrogen-bond donors (Lipinski definition) is 2. The van der Waals surface area contributed by atoms with Crippen molar-refractivity contribution in [1.29, 1.82) is 0 Å². The zero-order valence-corrected chi connectivity index (χ0v) is 32.3. The predicted molar refractivity (Wildman–Crippen MR) is 205 cm³/mol. The Bertz CT molecular complexity index is 2270. The van der Waals surface area contributed by atoms with Crippen LogP contribution in [0.2, 0.25) is 0 Å². The molecule has 0 aliphatic carbocycles. The Balaban J connectivity index is 1.18. The van der Waals surface area contributed by atoms with Crippen LogP contribution in [0.15, 0.2) is 126 Å². The molecule has 1 aromatic heterocycles. The lowest BCUT2D eigenvalue weighted by Crippen LogP contribution is -2.83. The quantitative estimate of drug-likeness (QED) is 0.0510. The number of methoxy groups -OCH3 is 2. The lowest BCUT2D eigenvalue weighted by atomic mass is 9.92. The van der Waals surface area contributed by atoms with Gasteiger partial charge in [-0.25, -0.2) is 9.48 Å². The third-order valence-electron chi connectivity index (χ3n) is 9.59. The molecule has 2 aliphatic heterocycles. The molecule has 1 unspecified atom stereocenters. The van der Waals surface area contributed by atoms with Crippen molar-refractivity contribution in [3.63, 3.8) is 0 Å². The van der Waals surface area contributed by atoms with E-state index < -0.39 is 47.7 Å². The van der Waals surface area contributed by atoms with Crippen LogP contribution >= 0.6 is 11.8 Å². The van der Waals surface area contributed by atoms with Crippen LogP contribution in [-0.4, -0.2) is 92.5 Å². The number of rotatable bonds is 15. The number of hydrogen-bond acceptors (Lipinski definition) is 14. The summed E-state index contributed by atoms with van der Waals surface area (Å²) in [6.45, 7) is -0.349. The van der Waals surface area contributed by atoms with E-state index >= 15 is 0 Å². The Morgan fingerprint density at radius 3 is 2.17 bits per heavy atom. The summed E-state index contributed by atoms with van der Waals surface area (Å²) in [7, 11) is 4.39. The summed E-state index contributed by atoms with van der Waals surface area (Å²) in [5, 5.41) is 24.5. The Hall–Kier alpha value is -6.56. The highest BCUT2D eigenvalue weighted by Crippen LogP contribution is 2.43. The van der Waals surface area contributed by atoms with E-state index in [9.17, 15) is 24.3 Å². The first-order chi connectivity index (χ1) is 28.1. The van der Waals surface area contributed by atoms with Gasteiger partial charge in [-0.1, -0.05) is 96.7 Å². The number of ether oxygens (including phenoxy) is 5. The van der Waals surface area contributed by atoms with Gasteiger partial charge in [0, 0.05) is 19.9 Å². The molecular formula is C41H38N6O10S. The van der Waals surface area contributed by atoms with Crippen LogP contribution in [0.3, 0.4) is 0 Å². The number of β-lactam (4-membered cyclic amide) rings is 1. The molecular weight excluding hydrogens is 769 g/mol. The summed E-state index contributed by atoms with van der Waals surface area (Å²) < 4.78 is 30.4. The van der Waals surface area contributed by atoms with Gasteiger partial charge in [0.15, 0.2) is 18.2 Å². The molecule has 7 rings (SSSR count). The number of phenolic OH excluding ortho intramolecular Hbond substituents is 1. The molecule has 5 aromatic rings. The summed E-state index contributed by atoms with van der Waals surface area (Å²) in [6, 6.07) is 30.6. The molecule has 3 atom stereocenters. The van der Waals surface area contributed by atoms with Gasteiger partial charge in [-0.15, -0.1) is 5.10 Å². The Labute approximate surface area is 336 Å². The van der Waals surface area contributed by atoms with Crippen molar-refractivity contribution in [2.45, 2.75) is 35.7 Å². The third kappa shape index (κ3) is 8.00. The van der Waals surface area contributed by atoms with Crippen molar-refractivity contribution >= 4 is 35.5 Å². The smallest absolute Gasteiger partial charge is 0.356 e. The Morgan fingerprint density at radius 1 is 0.931 bits per heavy atom. The van der Waals surface area contributed by atoms with Crippen molar-refractivity contribution in [3.8, 4) is 11.5 Å². The van der Waals surface area contributed by atoms with Crippen molar-refractivity contribution in [3.05, 3.63) is 143 Å². The molecule has 298 valence electrons. The lowest BCUT2D eigenvalue weighted by molar-refractivity contribution is -0.258. The molecule has 0 radical (unpaired) electrons. The lowest BCUT2D eigenvalue weighted by Gasteiger charge is -2.55. The van der Waals surface area contributed by atoms with Gasteiger partial charge < -0.3 is 34.1 Å². The number of phenols is 1. The first-order valence-corrected chi connectivity index (χ1v) is 18.9. The molecule has 2 aliphatic rings. The Morgan fingerprint density at radius 2 is 1.59 bits per heavy atom. The Kier molecular flexibility index (Phi) is 11.8. The van der Waals surface area contributed by atoms with Crippen LogP contribution in [0.25, 0.3) is 0 Å². The third-order valence-corrected chi connectivity index (χ3v) is 10.7. The fraction of sp³-hybridized carbons (Fsp3) is 0.244. The molecule has 1 fully saturated rings. The van der Waals surface area contributed by atoms with Crippen molar-refractivity contribution in [2.75, 3.05) is 26.6 Å². The van der Waals surface area contributed by atoms with Gasteiger partial charge >= 0.3 is 11.9 Å². The number of fused-ring (bicyclic) bond motifs is 1. The number of esters is 2. The SMILES string of the molecule is COc1ccc(COC(=O)C(C(=O)N[C@]2(OC)C(=O)N3C(C(=O)OC(c4ccccc4)c4ccccc4)=C(CSc4nnnn4C)CO[C@@H]32)c2ccc(O)cc2)cc1. The van der Waals surface area contributed by atoms with E-state index in [2.05, 4.69) is 20.8 Å². The summed E-state index contributed by atoms with van der Waals surface area (Å²) in [4.78, 5) is 58.0. The molecule has 17 heteroatoms. The van der Waals surface area contributed by atoms with Crippen LogP contribution in [0.1, 0.15) is 34.3 Å². The van der Waals surface area contributed by atoms with Gasteiger partial charge in [0.1, 0.15) is 23.8 Å². The minimum Gasteiger partial charge on any atom is -0.508 e. The molecule has 58 heavy (non-hydrogen) atoms. The average molecular weight is 807 g/mol. The van der Waals surface area contributed by atoms with E-state index in [4.69, 9.17) is 23.7 Å². The largest absolute Gasteiger partial charge is 0.508 e. The maximum atomic E-state index is 14.5. The van der Waals surface area contributed by atoms with E-state index in [1.807, 2.05) is 60.7 Å². The van der Waals surface area contributed by atoms with Crippen molar-refractivity contribution in [2.24, 2.45) is 7.05 Å². The highest BCUT2D eigenvalue weighted by atomic mass is 32.2. The number of aromatic nitrogens is 4. The molecule has 16 nitrogen and oxygen atoms in total. The van der Waals surface area contributed by atoms with Gasteiger partial charge in [0.25, 0.3) is 11.6 Å². The zero-order chi connectivity index (χ0) is 40.8. The van der Waals surface area contributed by atoms with E-state index in [0.717, 1.165) is 4.90 Å². The number of tetrazole rings is 1. The zero-order valence-electron chi connectivity index (χ0n) is 31.5. The number of aromatic hydroxyl groups is 1. The molecule has 0 bridgehead atoms. The standard InChI is InChI=1S/C41H38N6O10S/c1-46-40(43-44-45-46)58-24-29-23-56-39-41(54-3,38(52)47(39)33(29)37(51)57-34(27-10-6-4-7-11-27)28-12-8-5-9-13-28)42-35(49)32(26-16-18-30(48)19-17-26)36(50)55-22-25-14-20-31(53-2)21-15-25/h4-21,32,34,39,48H,22-24H2,1-3H3,(H,42,49)/t32?,39-,41+/m1/s1. The fourth-order valence-electron chi connectivity index (χ4n) is 6.56. The monoisotopic (exact) mass is 806 g/mol. The molecule has 0 spiro atoms. The first-order valence-electron chi connectivity index (χ1n) is 17.9. The maximum absolute atomic E-state index is 14.5. The highest BCUT2D eigenvalue weighted by molar-refractivity contribution is 7.99. The predicted octanol–water partition coefficient (Wildman–Crippen LogP) is 3.79. The molecule has 1 saturated heterocycles. The number of thioether (sulfide) groups is 1. The number of benzene rings is 4. The summed E-state index contributed by atoms with van der Waals surface area (Å²) in [5.74, 6) is -4.54. The van der Waals surface area contributed by atoms with Gasteiger partial charge in [0.05, 0.1) is 13.7 Å². The number of aryl methyl sites for hydroxylation is 1. The van der Waals surface area contributed by atoms with Crippen molar-refractivity contribution in [1.82, 2.24) is 30.4 Å². The van der Waals surface area contributed by atoms with E-state index in [1.54, 1.807) is 31.3 Å². The van der Waals surface area contributed by atoms with Crippen LogP contribution < -0.4 is 10.1 Å². The number of carbonyl (C=O) groups is 4. The maximum Gasteiger partial charge on any atom is 0.356 e. The van der Waals surface area contributed by atoms with Gasteiger partial charge in [0.2, 0.25) is 11.1 Å². The van der Waals surface area contributed by atoms with Crippen LogP contribution in [0.5, 0.6) is 11.5 Å². The number of nitrogens with zero attached hydrogens (tertiary/aromatic N) is 5. The van der Waals surface area contributed by atoms with Crippen LogP contribution in [-0.2, 0) is 51.8 Å². The number of nitrogens with one attached hydrogen (secondary N) is 1. The number of amides is 2. The second-order valence-electron chi connectivity index (χ2n) is 13.2. The normalized spacial score (nSPS) is 17.9. The molecule has 4 aromatic carbocycles. The second-order valence-corrected chi connectivity index (χ2v) is 14.1. The average Bonchev–Trinajstić information content (AvgIpc) is 3.68. The topological polar surface area (TPSA) is 194 Å². The summed E-state index contributed by atoms with van der Waals surface area (Å²) >= 11 is 1.22. The first kappa shape index (κ1) is 39.7. The van der Waals surface area contributed by atoms with E-state index in [0.29, 0.717) is 33.2 Å². The van der Waals surface area contributed by atoms with Crippen molar-refractivity contribution < 1.29 is 48.0 Å². The highest BCUT2D eigenvalue weighted by Gasteiger charge is 2.68. The molecule has 3 heterocycles. The van der Waals surface area contributed by atoms with Crippen LogP contribution in [0.4, 0.5) is 0 Å². The minimum absolute atomic E-state index is 0.0966. The summed E-state index contributed by atoms with van der Waals surface area (Å²) in [6.07, 6.45) is -2.21. The van der Waals surface area contributed by atoms with Crippen LogP contribution in [0, 0.1) is 0 Å². The number of carbonyl (C=O) groups excluding carboxylic acids is 4. The van der Waals surface area contributed by atoms with Gasteiger partial charge in [-0.2, -0.15) is 0 Å². The molecule has 2 amide bonds. The second kappa shape index (κ2) is 17.3. The fourth-order valence-corrected chi connectivity index (χ4v) is 7.40.